The molecule has 0 aliphatic carbocycles. The van der Waals surface area contributed by atoms with Crippen molar-refractivity contribution in [1.82, 2.24) is 0 Å². The molecule has 0 saturated heterocycles. The molecule has 0 radical (unpaired) electrons. The van der Waals surface area contributed by atoms with Gasteiger partial charge in [-0.2, -0.15) is 5.26 Å². The summed E-state index contributed by atoms with van der Waals surface area (Å²) in [6.45, 7) is 1.96. The van der Waals surface area contributed by atoms with Gasteiger partial charge in [0.25, 0.3) is 0 Å². The van der Waals surface area contributed by atoms with Crippen molar-refractivity contribution in [2.45, 2.75) is 13.3 Å². The Morgan fingerprint density at radius 2 is 2.05 bits per heavy atom. The van der Waals surface area contributed by atoms with Crippen LogP contribution in [0.4, 0.5) is 5.69 Å². The minimum absolute atomic E-state index is 0.156. The van der Waals surface area contributed by atoms with E-state index < -0.39 is 0 Å². The molecule has 0 saturated carbocycles. The molecule has 3 nitrogen and oxygen atoms in total. The lowest BCUT2D eigenvalue weighted by Gasteiger charge is -2.09. The average molecular weight is 285 g/mol. The molecule has 1 amide bonds. The second-order valence-electron chi connectivity index (χ2n) is 4.46. The number of hydrogen-bond donors (Lipinski definition) is 1. The topological polar surface area (TPSA) is 52.9 Å². The van der Waals surface area contributed by atoms with Crippen molar-refractivity contribution in [3.8, 4) is 6.07 Å². The van der Waals surface area contributed by atoms with E-state index in [1.807, 2.05) is 37.3 Å². The fraction of sp³-hybridized carbons (Fsp3) is 0.125. The fourth-order valence-corrected chi connectivity index (χ4v) is 2.03. The zero-order valence-corrected chi connectivity index (χ0v) is 11.7. The van der Waals surface area contributed by atoms with Gasteiger partial charge in [-0.1, -0.05) is 35.9 Å². The quantitative estimate of drug-likeness (QED) is 0.934. The number of rotatable bonds is 3. The summed E-state index contributed by atoms with van der Waals surface area (Å²) in [7, 11) is 0. The van der Waals surface area contributed by atoms with Crippen LogP contribution in [0.5, 0.6) is 0 Å². The molecule has 2 aromatic carbocycles. The van der Waals surface area contributed by atoms with Crippen molar-refractivity contribution in [1.29, 1.82) is 5.26 Å². The second kappa shape index (κ2) is 6.23. The van der Waals surface area contributed by atoms with Gasteiger partial charge in [-0.3, -0.25) is 4.79 Å². The van der Waals surface area contributed by atoms with E-state index in [0.29, 0.717) is 16.3 Å². The number of carbonyl (C=O) groups is 1. The van der Waals surface area contributed by atoms with Crippen LogP contribution in [0.1, 0.15) is 16.7 Å². The highest BCUT2D eigenvalue weighted by Crippen LogP contribution is 2.23. The summed E-state index contributed by atoms with van der Waals surface area (Å²) in [6, 6.07) is 14.5. The molecule has 2 rings (SSSR count). The Balaban J connectivity index is 2.13. The largest absolute Gasteiger partial charge is 0.324 e. The molecule has 1 N–H and O–H groups in total. The first-order valence-corrected chi connectivity index (χ1v) is 6.52. The summed E-state index contributed by atoms with van der Waals surface area (Å²) in [6.07, 6.45) is 0.278. The highest BCUT2D eigenvalue weighted by Gasteiger charge is 2.09. The summed E-state index contributed by atoms with van der Waals surface area (Å²) in [5.41, 5.74) is 2.96. The smallest absolute Gasteiger partial charge is 0.228 e. The van der Waals surface area contributed by atoms with Crippen molar-refractivity contribution in [2.24, 2.45) is 0 Å². The third kappa shape index (κ3) is 3.37. The van der Waals surface area contributed by atoms with Crippen molar-refractivity contribution in [3.63, 3.8) is 0 Å². The maximum Gasteiger partial charge on any atom is 0.228 e. The van der Waals surface area contributed by atoms with Crippen molar-refractivity contribution in [2.75, 3.05) is 5.32 Å². The number of amides is 1. The monoisotopic (exact) mass is 284 g/mol. The molecular formula is C16H13ClN2O. The first-order chi connectivity index (χ1) is 9.60. The van der Waals surface area contributed by atoms with E-state index in [2.05, 4.69) is 5.32 Å². The average Bonchev–Trinajstić information content (AvgIpc) is 2.44. The van der Waals surface area contributed by atoms with Gasteiger partial charge in [0.1, 0.15) is 0 Å². The molecule has 20 heavy (non-hydrogen) atoms. The van der Waals surface area contributed by atoms with E-state index >= 15 is 0 Å². The molecule has 0 spiro atoms. The third-order valence-corrected chi connectivity index (χ3v) is 3.31. The third-order valence-electron chi connectivity index (χ3n) is 2.98. The number of hydrogen-bond acceptors (Lipinski definition) is 2. The maximum atomic E-state index is 12.0. The van der Waals surface area contributed by atoms with Gasteiger partial charge < -0.3 is 5.32 Å². The van der Waals surface area contributed by atoms with Crippen molar-refractivity contribution >= 4 is 23.2 Å². The number of nitriles is 1. The molecular weight excluding hydrogens is 272 g/mol. The first-order valence-electron chi connectivity index (χ1n) is 6.14. The minimum Gasteiger partial charge on any atom is -0.324 e. The van der Waals surface area contributed by atoms with E-state index in [-0.39, 0.29) is 12.3 Å². The lowest BCUT2D eigenvalue weighted by Crippen LogP contribution is -2.15. The first kappa shape index (κ1) is 14.1. The second-order valence-corrected chi connectivity index (χ2v) is 4.87. The van der Waals surface area contributed by atoms with Gasteiger partial charge in [-0.15, -0.1) is 0 Å². The standard InChI is InChI=1S/C16H13ClN2O/c1-11-4-2-3-5-13(11)9-16(20)19-15-8-12(10-18)6-7-14(15)17/h2-8H,9H2,1H3,(H,19,20). The molecule has 4 heteroatoms. The summed E-state index contributed by atoms with van der Waals surface area (Å²) in [5, 5.41) is 12.0. The van der Waals surface area contributed by atoms with E-state index in [1.165, 1.54) is 0 Å². The summed E-state index contributed by atoms with van der Waals surface area (Å²) in [4.78, 5) is 12.0. The Morgan fingerprint density at radius 1 is 1.30 bits per heavy atom. The lowest BCUT2D eigenvalue weighted by atomic mass is 10.1. The number of aryl methyl sites for hydroxylation is 1. The minimum atomic E-state index is -0.156. The van der Waals surface area contributed by atoms with Gasteiger partial charge in [-0.25, -0.2) is 0 Å². The highest BCUT2D eigenvalue weighted by atomic mass is 35.5. The molecule has 0 unspecified atom stereocenters. The van der Waals surface area contributed by atoms with Crippen LogP contribution in [0.15, 0.2) is 42.5 Å². The van der Waals surface area contributed by atoms with Crippen LogP contribution in [-0.2, 0) is 11.2 Å². The van der Waals surface area contributed by atoms with Gasteiger partial charge >= 0.3 is 0 Å². The zero-order chi connectivity index (χ0) is 14.5. The fourth-order valence-electron chi connectivity index (χ4n) is 1.87. The predicted molar refractivity (Wildman–Crippen MR) is 79.7 cm³/mol. The summed E-state index contributed by atoms with van der Waals surface area (Å²) >= 11 is 6.01. The molecule has 0 bridgehead atoms. The van der Waals surface area contributed by atoms with Crippen LogP contribution in [0, 0.1) is 18.3 Å². The van der Waals surface area contributed by atoms with E-state index in [9.17, 15) is 4.79 Å². The van der Waals surface area contributed by atoms with Crippen molar-refractivity contribution < 1.29 is 4.79 Å². The van der Waals surface area contributed by atoms with Crippen LogP contribution < -0.4 is 5.32 Å². The van der Waals surface area contributed by atoms with Crippen LogP contribution in [0.3, 0.4) is 0 Å². The summed E-state index contributed by atoms with van der Waals surface area (Å²) < 4.78 is 0. The predicted octanol–water partition coefficient (Wildman–Crippen LogP) is 3.70. The van der Waals surface area contributed by atoms with Crippen LogP contribution >= 0.6 is 11.6 Å². The number of carbonyl (C=O) groups excluding carboxylic acids is 1. The Labute approximate surface area is 122 Å². The normalized spacial score (nSPS) is 9.85. The summed E-state index contributed by atoms with van der Waals surface area (Å²) in [5.74, 6) is -0.156. The lowest BCUT2D eigenvalue weighted by molar-refractivity contribution is -0.115. The number of nitrogens with zero attached hydrogens (tertiary/aromatic N) is 1. The van der Waals surface area contributed by atoms with Crippen LogP contribution in [0.2, 0.25) is 5.02 Å². The Hall–Kier alpha value is -2.31. The maximum absolute atomic E-state index is 12.0. The van der Waals surface area contributed by atoms with Crippen molar-refractivity contribution in [3.05, 3.63) is 64.2 Å². The number of benzene rings is 2. The molecule has 0 fully saturated rings. The van der Waals surface area contributed by atoms with Gasteiger partial charge in [0, 0.05) is 0 Å². The number of halogens is 1. The van der Waals surface area contributed by atoms with Gasteiger partial charge in [0.05, 0.1) is 28.8 Å². The van der Waals surface area contributed by atoms with Gasteiger partial charge in [0.2, 0.25) is 5.91 Å². The molecule has 0 heterocycles. The van der Waals surface area contributed by atoms with E-state index in [0.717, 1.165) is 11.1 Å². The molecule has 0 atom stereocenters. The Bertz CT molecular complexity index is 689. The zero-order valence-electron chi connectivity index (χ0n) is 11.0. The van der Waals surface area contributed by atoms with Crippen LogP contribution in [-0.4, -0.2) is 5.91 Å². The van der Waals surface area contributed by atoms with Crippen LogP contribution in [0.25, 0.3) is 0 Å². The highest BCUT2D eigenvalue weighted by molar-refractivity contribution is 6.33. The SMILES string of the molecule is Cc1ccccc1CC(=O)Nc1cc(C#N)ccc1Cl. The van der Waals surface area contributed by atoms with E-state index in [4.69, 9.17) is 16.9 Å². The molecule has 0 aliphatic heterocycles. The van der Waals surface area contributed by atoms with Gasteiger partial charge in [0.15, 0.2) is 0 Å². The number of nitrogens with one attached hydrogen (secondary N) is 1. The molecule has 100 valence electrons. The molecule has 0 aromatic heterocycles. The molecule has 0 aliphatic rings. The Kier molecular flexibility index (Phi) is 4.39. The molecule has 2 aromatic rings. The van der Waals surface area contributed by atoms with E-state index in [1.54, 1.807) is 18.2 Å². The Morgan fingerprint density at radius 3 is 2.75 bits per heavy atom. The van der Waals surface area contributed by atoms with Gasteiger partial charge in [-0.05, 0) is 36.2 Å². The number of anilines is 1.